The van der Waals surface area contributed by atoms with Gasteiger partial charge in [-0.25, -0.2) is 14.4 Å². The molecule has 0 unspecified atom stereocenters. The summed E-state index contributed by atoms with van der Waals surface area (Å²) < 4.78 is 98.4. The molecule has 1 amide bonds. The van der Waals surface area contributed by atoms with Gasteiger partial charge in [0.2, 0.25) is 5.95 Å². The van der Waals surface area contributed by atoms with Crippen LogP contribution in [0.5, 0.6) is 0 Å². The minimum Gasteiger partial charge on any atom is -0.378 e. The van der Waals surface area contributed by atoms with Gasteiger partial charge in [-0.2, -0.15) is 26.3 Å². The van der Waals surface area contributed by atoms with Crippen LogP contribution in [0.3, 0.4) is 0 Å². The minimum atomic E-state index is -5.02. The van der Waals surface area contributed by atoms with E-state index in [1.165, 1.54) is 37.5 Å². The van der Waals surface area contributed by atoms with Crippen molar-refractivity contribution >= 4 is 11.9 Å². The Balaban J connectivity index is 1.69. The Morgan fingerprint density at radius 3 is 2.11 bits per heavy atom. The highest BCUT2D eigenvalue weighted by Gasteiger charge is 2.37. The van der Waals surface area contributed by atoms with E-state index in [1.807, 2.05) is 4.90 Å². The Labute approximate surface area is 212 Å². The molecule has 6 nitrogen and oxygen atoms in total. The molecule has 0 N–H and O–H groups in total. The lowest BCUT2D eigenvalue weighted by molar-refractivity contribution is -0.143. The first kappa shape index (κ1) is 27.3. The third-order valence-corrected chi connectivity index (χ3v) is 5.83. The largest absolute Gasteiger partial charge is 0.416 e. The van der Waals surface area contributed by atoms with E-state index in [2.05, 4.69) is 9.97 Å². The average Bonchev–Trinajstić information content (AvgIpc) is 2.87. The zero-order chi connectivity index (χ0) is 27.7. The lowest BCUT2D eigenvalue weighted by Crippen LogP contribution is -2.37. The van der Waals surface area contributed by atoms with E-state index in [9.17, 15) is 35.5 Å². The highest BCUT2D eigenvalue weighted by atomic mass is 19.4. The summed E-state index contributed by atoms with van der Waals surface area (Å²) in [5.41, 5.74) is -2.87. The number of halogens is 7. The monoisotopic (exact) mass is 542 g/mol. The van der Waals surface area contributed by atoms with E-state index in [1.54, 1.807) is 0 Å². The molecule has 13 heteroatoms. The zero-order valence-electron chi connectivity index (χ0n) is 19.9. The van der Waals surface area contributed by atoms with Crippen molar-refractivity contribution < 1.29 is 40.3 Å². The fourth-order valence-corrected chi connectivity index (χ4v) is 3.93. The van der Waals surface area contributed by atoms with Gasteiger partial charge >= 0.3 is 12.4 Å². The topological polar surface area (TPSA) is 58.6 Å². The second-order valence-corrected chi connectivity index (χ2v) is 8.61. The van der Waals surface area contributed by atoms with Crippen molar-refractivity contribution in [3.8, 4) is 11.3 Å². The van der Waals surface area contributed by atoms with Gasteiger partial charge in [-0.15, -0.1) is 0 Å². The van der Waals surface area contributed by atoms with Crippen molar-refractivity contribution in [3.63, 3.8) is 0 Å². The number of ether oxygens (including phenoxy) is 1. The normalized spacial score (nSPS) is 14.5. The number of carbonyl (C=O) groups excluding carboxylic acids is 1. The lowest BCUT2D eigenvalue weighted by atomic mass is 10.0. The fraction of sp³-hybridized carbons (Fsp3) is 0.320. The second-order valence-electron chi connectivity index (χ2n) is 8.61. The molecule has 1 aromatic heterocycles. The number of rotatable bonds is 5. The van der Waals surface area contributed by atoms with Crippen molar-refractivity contribution in [1.29, 1.82) is 0 Å². The summed E-state index contributed by atoms with van der Waals surface area (Å²) in [4.78, 5) is 24.9. The van der Waals surface area contributed by atoms with Gasteiger partial charge in [-0.3, -0.25) is 4.79 Å². The van der Waals surface area contributed by atoms with Crippen LogP contribution in [-0.4, -0.2) is 54.1 Å². The van der Waals surface area contributed by atoms with E-state index < -0.39 is 41.7 Å². The SMILES string of the molecule is CN(Cc1cc(C(F)(F)F)cc(C(F)(F)F)c1)C(=O)c1cnc(N2CCOCC2)nc1-c1ccc(F)cc1. The van der Waals surface area contributed by atoms with Crippen LogP contribution in [0.15, 0.2) is 48.7 Å². The number of benzene rings is 2. The van der Waals surface area contributed by atoms with Gasteiger partial charge in [0.1, 0.15) is 5.82 Å². The molecule has 1 fully saturated rings. The van der Waals surface area contributed by atoms with Crippen LogP contribution in [0, 0.1) is 5.82 Å². The predicted octanol–water partition coefficient (Wildman–Crippen LogP) is 5.43. The predicted molar refractivity (Wildman–Crippen MR) is 123 cm³/mol. The summed E-state index contributed by atoms with van der Waals surface area (Å²) in [6.07, 6.45) is -8.79. The summed E-state index contributed by atoms with van der Waals surface area (Å²) in [6, 6.07) is 6.31. The third-order valence-electron chi connectivity index (χ3n) is 5.83. The van der Waals surface area contributed by atoms with Crippen LogP contribution in [-0.2, 0) is 23.6 Å². The smallest absolute Gasteiger partial charge is 0.378 e. The number of anilines is 1. The lowest BCUT2D eigenvalue weighted by Gasteiger charge is -2.27. The molecule has 3 aromatic rings. The highest BCUT2D eigenvalue weighted by Crippen LogP contribution is 2.36. The zero-order valence-corrected chi connectivity index (χ0v) is 19.9. The van der Waals surface area contributed by atoms with Gasteiger partial charge in [0.15, 0.2) is 0 Å². The van der Waals surface area contributed by atoms with E-state index >= 15 is 0 Å². The summed E-state index contributed by atoms with van der Waals surface area (Å²) >= 11 is 0. The number of hydrogen-bond donors (Lipinski definition) is 0. The number of morpholine rings is 1. The Kier molecular flexibility index (Phi) is 7.58. The first-order chi connectivity index (χ1) is 17.8. The Hall–Kier alpha value is -3.74. The molecule has 0 spiro atoms. The molecular weight excluding hydrogens is 521 g/mol. The van der Waals surface area contributed by atoms with Crippen LogP contribution in [0.25, 0.3) is 11.3 Å². The van der Waals surface area contributed by atoms with E-state index in [-0.39, 0.29) is 22.9 Å². The van der Waals surface area contributed by atoms with E-state index in [4.69, 9.17) is 4.74 Å². The molecule has 2 aromatic carbocycles. The molecule has 0 atom stereocenters. The van der Waals surface area contributed by atoms with Gasteiger partial charge < -0.3 is 14.5 Å². The Bertz CT molecular complexity index is 1270. The number of carbonyl (C=O) groups is 1. The maximum Gasteiger partial charge on any atom is 0.416 e. The number of hydrogen-bond acceptors (Lipinski definition) is 5. The fourth-order valence-electron chi connectivity index (χ4n) is 3.93. The first-order valence-electron chi connectivity index (χ1n) is 11.3. The van der Waals surface area contributed by atoms with Crippen LogP contribution < -0.4 is 4.90 Å². The molecule has 0 saturated carbocycles. The average molecular weight is 542 g/mol. The first-order valence-corrected chi connectivity index (χ1v) is 11.3. The second kappa shape index (κ2) is 10.6. The number of aromatic nitrogens is 2. The quantitative estimate of drug-likeness (QED) is 0.403. The van der Waals surface area contributed by atoms with Crippen molar-refractivity contribution in [2.24, 2.45) is 0 Å². The molecule has 0 radical (unpaired) electrons. The van der Waals surface area contributed by atoms with E-state index in [0.717, 1.165) is 4.90 Å². The van der Waals surface area contributed by atoms with Gasteiger partial charge in [0.25, 0.3) is 5.91 Å². The molecule has 0 bridgehead atoms. The highest BCUT2D eigenvalue weighted by molar-refractivity contribution is 5.99. The maximum absolute atomic E-state index is 13.5. The summed E-state index contributed by atoms with van der Waals surface area (Å²) in [6.45, 7) is 1.31. The maximum atomic E-state index is 13.5. The molecule has 4 rings (SSSR count). The van der Waals surface area contributed by atoms with Crippen LogP contribution in [0.2, 0.25) is 0 Å². The number of alkyl halides is 6. The minimum absolute atomic E-state index is 0.0240. The van der Waals surface area contributed by atoms with Gasteiger partial charge in [0.05, 0.1) is 35.6 Å². The van der Waals surface area contributed by atoms with Gasteiger partial charge in [-0.05, 0) is 48.0 Å². The van der Waals surface area contributed by atoms with Gasteiger partial charge in [-0.1, -0.05) is 0 Å². The Morgan fingerprint density at radius 2 is 1.55 bits per heavy atom. The standard InChI is InChI=1S/C25H21F7N4O2/c1-35(14-15-10-17(24(27,28)29)12-18(11-15)25(30,31)32)22(37)20-13-33-23(36-6-8-38-9-7-36)34-21(20)16-2-4-19(26)5-3-16/h2-5,10-13H,6-9,14H2,1H3. The Morgan fingerprint density at radius 1 is 0.974 bits per heavy atom. The van der Waals surface area contributed by atoms with Crippen LogP contribution in [0.4, 0.5) is 36.7 Å². The van der Waals surface area contributed by atoms with Crippen molar-refractivity contribution in [3.05, 3.63) is 76.7 Å². The van der Waals surface area contributed by atoms with Crippen molar-refractivity contribution in [1.82, 2.24) is 14.9 Å². The molecule has 1 aliphatic rings. The summed E-state index contributed by atoms with van der Waals surface area (Å²) in [5.74, 6) is -0.977. The van der Waals surface area contributed by atoms with Crippen LogP contribution >= 0.6 is 0 Å². The third kappa shape index (κ3) is 6.21. The summed E-state index contributed by atoms with van der Waals surface area (Å²) in [5, 5.41) is 0. The summed E-state index contributed by atoms with van der Waals surface area (Å²) in [7, 11) is 1.24. The molecule has 38 heavy (non-hydrogen) atoms. The molecule has 202 valence electrons. The van der Waals surface area contributed by atoms with Crippen molar-refractivity contribution in [2.75, 3.05) is 38.3 Å². The molecule has 0 aliphatic carbocycles. The number of amides is 1. The number of nitrogens with zero attached hydrogens (tertiary/aromatic N) is 4. The molecule has 1 saturated heterocycles. The molecule has 1 aliphatic heterocycles. The molecule has 2 heterocycles. The van der Waals surface area contributed by atoms with Gasteiger partial charge in [0, 0.05) is 38.4 Å². The van der Waals surface area contributed by atoms with E-state index in [0.29, 0.717) is 49.9 Å². The van der Waals surface area contributed by atoms with Crippen molar-refractivity contribution in [2.45, 2.75) is 18.9 Å². The van der Waals surface area contributed by atoms with Crippen LogP contribution in [0.1, 0.15) is 27.0 Å². The molecular formula is C25H21F7N4O2.